The van der Waals surface area contributed by atoms with Crippen molar-refractivity contribution in [2.75, 3.05) is 6.54 Å². The van der Waals surface area contributed by atoms with E-state index in [4.69, 9.17) is 16.6 Å². The van der Waals surface area contributed by atoms with Crippen LogP contribution in [-0.2, 0) is 13.1 Å². The summed E-state index contributed by atoms with van der Waals surface area (Å²) in [5.41, 5.74) is 2.78. The Hall–Kier alpha value is -2.77. The van der Waals surface area contributed by atoms with Gasteiger partial charge in [0.25, 0.3) is 5.91 Å². The molecular weight excluding hydrogens is 394 g/mol. The molecule has 0 unspecified atom stereocenters. The smallest absolute Gasteiger partial charge is 0.254 e. The lowest BCUT2D eigenvalue weighted by molar-refractivity contribution is 0.0708. The molecule has 2 aromatic heterocycles. The average molecular weight is 410 g/mol. The van der Waals surface area contributed by atoms with E-state index >= 15 is 0 Å². The third-order valence-electron chi connectivity index (χ3n) is 4.94. The maximum Gasteiger partial charge on any atom is 0.254 e. The number of para-hydroxylation sites is 1. The SMILES string of the molecule is Cc1cccc2sc(-c3nnc4n3CCN(C(=O)c3ccc(Cl)cc3)C4)nc12. The van der Waals surface area contributed by atoms with Gasteiger partial charge in [0.15, 0.2) is 16.7 Å². The lowest BCUT2D eigenvalue weighted by Gasteiger charge is -2.27. The molecule has 0 bridgehead atoms. The van der Waals surface area contributed by atoms with Gasteiger partial charge in [-0.25, -0.2) is 4.98 Å². The zero-order valence-electron chi connectivity index (χ0n) is 15.1. The van der Waals surface area contributed by atoms with Crippen molar-refractivity contribution in [2.24, 2.45) is 0 Å². The highest BCUT2D eigenvalue weighted by Gasteiger charge is 2.26. The highest BCUT2D eigenvalue weighted by atomic mass is 35.5. The second-order valence-corrected chi connectivity index (χ2v) is 8.23. The summed E-state index contributed by atoms with van der Waals surface area (Å²) in [7, 11) is 0. The van der Waals surface area contributed by atoms with Crippen LogP contribution >= 0.6 is 22.9 Å². The maximum atomic E-state index is 12.8. The zero-order chi connectivity index (χ0) is 19.3. The normalized spacial score (nSPS) is 13.7. The number of halogens is 1. The molecular formula is C20H16ClN5OS. The van der Waals surface area contributed by atoms with Crippen LogP contribution in [0.15, 0.2) is 42.5 Å². The summed E-state index contributed by atoms with van der Waals surface area (Å²) in [5.74, 6) is 1.52. The Kier molecular flexibility index (Phi) is 4.14. The van der Waals surface area contributed by atoms with E-state index in [0.717, 1.165) is 32.4 Å². The molecule has 2 aromatic carbocycles. The summed E-state index contributed by atoms with van der Waals surface area (Å²) in [4.78, 5) is 19.3. The first kappa shape index (κ1) is 17.3. The minimum absolute atomic E-state index is 0.0249. The number of thiazole rings is 1. The van der Waals surface area contributed by atoms with Crippen LogP contribution < -0.4 is 0 Å². The van der Waals surface area contributed by atoms with Gasteiger partial charge in [0.1, 0.15) is 0 Å². The van der Waals surface area contributed by atoms with Crippen LogP contribution in [0.1, 0.15) is 21.7 Å². The molecule has 0 spiro atoms. The molecule has 0 saturated carbocycles. The van der Waals surface area contributed by atoms with Crippen LogP contribution in [-0.4, -0.2) is 37.1 Å². The summed E-state index contributed by atoms with van der Waals surface area (Å²) in [6, 6.07) is 13.1. The number of hydrogen-bond donors (Lipinski definition) is 0. The van der Waals surface area contributed by atoms with Crippen molar-refractivity contribution in [2.45, 2.75) is 20.0 Å². The van der Waals surface area contributed by atoms with Crippen molar-refractivity contribution in [3.8, 4) is 10.8 Å². The second kappa shape index (κ2) is 6.68. The van der Waals surface area contributed by atoms with Crippen LogP contribution in [0.2, 0.25) is 5.02 Å². The number of benzene rings is 2. The van der Waals surface area contributed by atoms with E-state index in [1.165, 1.54) is 0 Å². The molecule has 6 nitrogen and oxygen atoms in total. The summed E-state index contributed by atoms with van der Waals surface area (Å²) >= 11 is 7.54. The van der Waals surface area contributed by atoms with Crippen LogP contribution in [0.4, 0.5) is 0 Å². The lowest BCUT2D eigenvalue weighted by Crippen LogP contribution is -2.38. The molecule has 28 heavy (non-hydrogen) atoms. The molecule has 3 heterocycles. The standard InChI is InChI=1S/C20H16ClN5OS/c1-12-3-2-4-15-17(12)22-19(28-15)18-24-23-16-11-25(9-10-26(16)18)20(27)13-5-7-14(21)8-6-13/h2-8H,9-11H2,1H3. The fourth-order valence-corrected chi connectivity index (χ4v) is 4.61. The van der Waals surface area contributed by atoms with E-state index in [1.807, 2.05) is 6.07 Å². The Labute approximate surface area is 170 Å². The van der Waals surface area contributed by atoms with E-state index in [1.54, 1.807) is 40.5 Å². The Balaban J connectivity index is 1.44. The van der Waals surface area contributed by atoms with E-state index in [9.17, 15) is 4.79 Å². The molecule has 4 aromatic rings. The minimum Gasteiger partial charge on any atom is -0.329 e. The van der Waals surface area contributed by atoms with Crippen molar-refractivity contribution < 1.29 is 4.79 Å². The summed E-state index contributed by atoms with van der Waals surface area (Å²) in [6.45, 7) is 3.74. The van der Waals surface area contributed by atoms with Gasteiger partial charge in [-0.2, -0.15) is 0 Å². The Morgan fingerprint density at radius 3 is 2.71 bits per heavy atom. The number of amides is 1. The largest absolute Gasteiger partial charge is 0.329 e. The fraction of sp³-hybridized carbons (Fsp3) is 0.200. The van der Waals surface area contributed by atoms with Crippen LogP contribution in [0.5, 0.6) is 0 Å². The van der Waals surface area contributed by atoms with E-state index < -0.39 is 0 Å². The first-order chi connectivity index (χ1) is 13.6. The molecule has 0 N–H and O–H groups in total. The highest BCUT2D eigenvalue weighted by Crippen LogP contribution is 2.32. The summed E-state index contributed by atoms with van der Waals surface area (Å²) < 4.78 is 3.21. The van der Waals surface area contributed by atoms with E-state index in [2.05, 4.69) is 33.8 Å². The van der Waals surface area contributed by atoms with Gasteiger partial charge in [-0.3, -0.25) is 4.79 Å². The molecule has 8 heteroatoms. The highest BCUT2D eigenvalue weighted by molar-refractivity contribution is 7.21. The quantitative estimate of drug-likeness (QED) is 0.498. The first-order valence-electron chi connectivity index (χ1n) is 8.93. The number of aryl methyl sites for hydroxylation is 1. The molecule has 0 atom stereocenters. The summed E-state index contributed by atoms with van der Waals surface area (Å²) in [6.07, 6.45) is 0. The van der Waals surface area contributed by atoms with Gasteiger partial charge in [-0.05, 0) is 42.8 Å². The third kappa shape index (κ3) is 2.87. The van der Waals surface area contributed by atoms with Crippen molar-refractivity contribution in [3.05, 3.63) is 64.4 Å². The monoisotopic (exact) mass is 409 g/mol. The lowest BCUT2D eigenvalue weighted by atomic mass is 10.2. The van der Waals surface area contributed by atoms with Crippen LogP contribution in [0, 0.1) is 6.92 Å². The third-order valence-corrected chi connectivity index (χ3v) is 6.21. The van der Waals surface area contributed by atoms with Gasteiger partial charge >= 0.3 is 0 Å². The number of aromatic nitrogens is 4. The molecule has 1 amide bonds. The number of carbonyl (C=O) groups is 1. The maximum absolute atomic E-state index is 12.8. The van der Waals surface area contributed by atoms with Gasteiger partial charge in [0.05, 0.1) is 16.8 Å². The van der Waals surface area contributed by atoms with Crippen LogP contribution in [0.25, 0.3) is 21.0 Å². The number of nitrogens with zero attached hydrogens (tertiary/aromatic N) is 5. The minimum atomic E-state index is -0.0249. The number of fused-ring (bicyclic) bond motifs is 2. The van der Waals surface area contributed by atoms with Gasteiger partial charge in [-0.1, -0.05) is 23.7 Å². The topological polar surface area (TPSA) is 63.9 Å². The van der Waals surface area contributed by atoms with Crippen molar-refractivity contribution >= 4 is 39.1 Å². The van der Waals surface area contributed by atoms with Crippen molar-refractivity contribution in [3.63, 3.8) is 0 Å². The molecule has 1 aliphatic heterocycles. The number of carbonyl (C=O) groups excluding carboxylic acids is 1. The fourth-order valence-electron chi connectivity index (χ4n) is 3.45. The van der Waals surface area contributed by atoms with Crippen molar-refractivity contribution in [1.82, 2.24) is 24.6 Å². The van der Waals surface area contributed by atoms with Gasteiger partial charge in [-0.15, -0.1) is 21.5 Å². The summed E-state index contributed by atoms with van der Waals surface area (Å²) in [5, 5.41) is 10.2. The molecule has 0 saturated heterocycles. The van der Waals surface area contributed by atoms with Gasteiger partial charge in [0.2, 0.25) is 0 Å². The molecule has 140 valence electrons. The number of rotatable bonds is 2. The van der Waals surface area contributed by atoms with Gasteiger partial charge < -0.3 is 9.47 Å². The molecule has 0 fully saturated rings. The zero-order valence-corrected chi connectivity index (χ0v) is 16.7. The molecule has 0 radical (unpaired) electrons. The average Bonchev–Trinajstić information content (AvgIpc) is 3.32. The predicted octanol–water partition coefficient (Wildman–Crippen LogP) is 4.17. The molecule has 1 aliphatic rings. The van der Waals surface area contributed by atoms with Gasteiger partial charge in [0, 0.05) is 23.7 Å². The molecule has 5 rings (SSSR count). The Bertz CT molecular complexity index is 1200. The van der Waals surface area contributed by atoms with Crippen LogP contribution in [0.3, 0.4) is 0 Å². The number of hydrogen-bond acceptors (Lipinski definition) is 5. The van der Waals surface area contributed by atoms with E-state index in [0.29, 0.717) is 30.2 Å². The predicted molar refractivity (Wildman–Crippen MR) is 110 cm³/mol. The molecule has 0 aliphatic carbocycles. The second-order valence-electron chi connectivity index (χ2n) is 6.77. The first-order valence-corrected chi connectivity index (χ1v) is 10.1. The Morgan fingerprint density at radius 1 is 1.11 bits per heavy atom. The van der Waals surface area contributed by atoms with Crippen molar-refractivity contribution in [1.29, 1.82) is 0 Å². The van der Waals surface area contributed by atoms with E-state index in [-0.39, 0.29) is 5.91 Å². The Morgan fingerprint density at radius 2 is 1.93 bits per heavy atom.